The van der Waals surface area contributed by atoms with Gasteiger partial charge in [-0.05, 0) is 6.07 Å². The summed E-state index contributed by atoms with van der Waals surface area (Å²) in [6.45, 7) is 1.38. The van der Waals surface area contributed by atoms with Crippen LogP contribution in [0, 0.1) is 11.7 Å². The van der Waals surface area contributed by atoms with Gasteiger partial charge in [0.25, 0.3) is 0 Å². The molecule has 2 rings (SSSR count). The van der Waals surface area contributed by atoms with Gasteiger partial charge in [0.2, 0.25) is 0 Å². The zero-order chi connectivity index (χ0) is 13.3. The Bertz CT molecular complexity index is 427. The number of halogens is 4. The van der Waals surface area contributed by atoms with Crippen LogP contribution in [0.4, 0.5) is 17.6 Å². The van der Waals surface area contributed by atoms with Gasteiger partial charge in [-0.1, -0.05) is 12.1 Å². The molecule has 100 valence electrons. The molecular formula is C12H13F4NO. The number of nitrogens with zero attached hydrogens (tertiary/aromatic N) is 1. The van der Waals surface area contributed by atoms with E-state index >= 15 is 0 Å². The Morgan fingerprint density at radius 3 is 2.50 bits per heavy atom. The molecule has 0 spiro atoms. The van der Waals surface area contributed by atoms with Gasteiger partial charge >= 0.3 is 6.18 Å². The van der Waals surface area contributed by atoms with Gasteiger partial charge in [-0.15, -0.1) is 0 Å². The lowest BCUT2D eigenvalue weighted by Crippen LogP contribution is -2.47. The van der Waals surface area contributed by atoms with Crippen molar-refractivity contribution in [2.45, 2.75) is 12.7 Å². The number of aliphatic hydroxyl groups excluding tert-OH is 1. The lowest BCUT2D eigenvalue weighted by molar-refractivity contribution is -0.140. The lowest BCUT2D eigenvalue weighted by Gasteiger charge is -2.38. The van der Waals surface area contributed by atoms with Crippen molar-refractivity contribution in [2.75, 3.05) is 19.7 Å². The maximum atomic E-state index is 13.7. The third-order valence-electron chi connectivity index (χ3n) is 3.07. The number of rotatable bonds is 3. The molecule has 0 radical (unpaired) electrons. The first-order valence-electron chi connectivity index (χ1n) is 5.59. The van der Waals surface area contributed by atoms with Gasteiger partial charge in [-0.25, -0.2) is 4.39 Å². The summed E-state index contributed by atoms with van der Waals surface area (Å²) in [5.74, 6) is -1.05. The molecule has 1 aliphatic heterocycles. The first-order valence-corrected chi connectivity index (χ1v) is 5.59. The van der Waals surface area contributed by atoms with Crippen molar-refractivity contribution in [1.82, 2.24) is 4.90 Å². The number of hydrogen-bond acceptors (Lipinski definition) is 2. The smallest absolute Gasteiger partial charge is 0.396 e. The van der Waals surface area contributed by atoms with Crippen LogP contribution in [-0.2, 0) is 12.7 Å². The maximum absolute atomic E-state index is 13.7. The van der Waals surface area contributed by atoms with Crippen molar-refractivity contribution in [3.63, 3.8) is 0 Å². The van der Waals surface area contributed by atoms with Crippen LogP contribution in [-0.4, -0.2) is 29.7 Å². The highest BCUT2D eigenvalue weighted by Gasteiger charge is 2.35. The minimum atomic E-state index is -4.66. The Morgan fingerprint density at radius 1 is 1.28 bits per heavy atom. The summed E-state index contributed by atoms with van der Waals surface area (Å²) in [4.78, 5) is 1.81. The highest BCUT2D eigenvalue weighted by Crippen LogP contribution is 2.33. The third kappa shape index (κ3) is 2.64. The first-order chi connectivity index (χ1) is 8.41. The minimum absolute atomic E-state index is 0.0428. The van der Waals surface area contributed by atoms with Crippen LogP contribution in [0.15, 0.2) is 18.2 Å². The van der Waals surface area contributed by atoms with Gasteiger partial charge in [-0.3, -0.25) is 4.90 Å². The second kappa shape index (κ2) is 4.85. The molecule has 0 amide bonds. The van der Waals surface area contributed by atoms with E-state index in [9.17, 15) is 17.6 Å². The van der Waals surface area contributed by atoms with Crippen molar-refractivity contribution >= 4 is 0 Å². The summed E-state index contributed by atoms with van der Waals surface area (Å²) in [6.07, 6.45) is -4.66. The number of likely N-dealkylation sites (tertiary alicyclic amines) is 1. The van der Waals surface area contributed by atoms with Crippen LogP contribution in [0.5, 0.6) is 0 Å². The van der Waals surface area contributed by atoms with Gasteiger partial charge in [0, 0.05) is 37.7 Å². The molecule has 1 N–H and O–H groups in total. The minimum Gasteiger partial charge on any atom is -0.396 e. The second-order valence-corrected chi connectivity index (χ2v) is 4.52. The molecule has 0 aliphatic carbocycles. The van der Waals surface area contributed by atoms with Crippen LogP contribution in [0.1, 0.15) is 11.1 Å². The number of benzene rings is 1. The van der Waals surface area contributed by atoms with Crippen LogP contribution in [0.3, 0.4) is 0 Å². The molecule has 6 heteroatoms. The van der Waals surface area contributed by atoms with Crippen molar-refractivity contribution < 1.29 is 22.7 Å². The quantitative estimate of drug-likeness (QED) is 0.846. The van der Waals surface area contributed by atoms with E-state index in [0.29, 0.717) is 13.1 Å². The predicted molar refractivity (Wildman–Crippen MR) is 57.3 cm³/mol. The highest BCUT2D eigenvalue weighted by atomic mass is 19.4. The fourth-order valence-electron chi connectivity index (χ4n) is 2.08. The SMILES string of the molecule is OCC1CN(Cc2cccc(C(F)(F)F)c2F)C1. The van der Waals surface area contributed by atoms with E-state index in [1.807, 2.05) is 0 Å². The first kappa shape index (κ1) is 13.3. The highest BCUT2D eigenvalue weighted by molar-refractivity contribution is 5.28. The molecule has 1 aromatic carbocycles. The second-order valence-electron chi connectivity index (χ2n) is 4.52. The molecule has 1 aliphatic rings. The predicted octanol–water partition coefficient (Wildman–Crippen LogP) is 2.27. The zero-order valence-electron chi connectivity index (χ0n) is 9.54. The van der Waals surface area contributed by atoms with Gasteiger partial charge in [0.05, 0.1) is 5.56 Å². The zero-order valence-corrected chi connectivity index (χ0v) is 9.54. The van der Waals surface area contributed by atoms with Crippen molar-refractivity contribution in [2.24, 2.45) is 5.92 Å². The molecule has 0 bridgehead atoms. The van der Waals surface area contributed by atoms with E-state index in [4.69, 9.17) is 5.11 Å². The number of aliphatic hydroxyl groups is 1. The molecule has 1 aromatic rings. The van der Waals surface area contributed by atoms with Crippen molar-refractivity contribution in [3.8, 4) is 0 Å². The fraction of sp³-hybridized carbons (Fsp3) is 0.500. The normalized spacial score (nSPS) is 17.8. The average molecular weight is 263 g/mol. The lowest BCUT2D eigenvalue weighted by atomic mass is 9.99. The monoisotopic (exact) mass is 263 g/mol. The Hall–Kier alpha value is -1.14. The van der Waals surface area contributed by atoms with Gasteiger partial charge in [-0.2, -0.15) is 13.2 Å². The standard InChI is InChI=1S/C12H13F4NO/c13-11-9(6-17-4-8(5-17)7-18)2-1-3-10(11)12(14,15)16/h1-3,8,18H,4-7H2. The third-order valence-corrected chi connectivity index (χ3v) is 3.07. The maximum Gasteiger partial charge on any atom is 0.419 e. The van der Waals surface area contributed by atoms with Crippen LogP contribution in [0.2, 0.25) is 0 Å². The van der Waals surface area contributed by atoms with E-state index in [1.165, 1.54) is 12.1 Å². The van der Waals surface area contributed by atoms with Crippen LogP contribution in [0.25, 0.3) is 0 Å². The summed E-state index contributed by atoms with van der Waals surface area (Å²) >= 11 is 0. The van der Waals surface area contributed by atoms with E-state index in [-0.39, 0.29) is 24.6 Å². The molecule has 18 heavy (non-hydrogen) atoms. The van der Waals surface area contributed by atoms with E-state index < -0.39 is 17.6 Å². The molecular weight excluding hydrogens is 250 g/mol. The Kier molecular flexibility index (Phi) is 3.59. The van der Waals surface area contributed by atoms with Crippen LogP contribution >= 0.6 is 0 Å². The van der Waals surface area contributed by atoms with Gasteiger partial charge < -0.3 is 5.11 Å². The number of hydrogen-bond donors (Lipinski definition) is 1. The Morgan fingerprint density at radius 2 is 1.94 bits per heavy atom. The Balaban J connectivity index is 2.10. The Labute approximate surface area is 102 Å². The molecule has 0 aromatic heterocycles. The van der Waals surface area contributed by atoms with E-state index in [2.05, 4.69) is 0 Å². The van der Waals surface area contributed by atoms with Gasteiger partial charge in [0.1, 0.15) is 5.82 Å². The largest absolute Gasteiger partial charge is 0.419 e. The number of alkyl halides is 3. The summed E-state index contributed by atoms with van der Waals surface area (Å²) < 4.78 is 51.1. The fourth-order valence-corrected chi connectivity index (χ4v) is 2.08. The summed E-state index contributed by atoms with van der Waals surface area (Å²) in [5.41, 5.74) is -1.18. The summed E-state index contributed by atoms with van der Waals surface area (Å²) in [7, 11) is 0. The molecule has 0 atom stereocenters. The molecule has 2 nitrogen and oxygen atoms in total. The molecule has 0 unspecified atom stereocenters. The summed E-state index contributed by atoms with van der Waals surface area (Å²) in [6, 6.07) is 3.31. The molecule has 1 heterocycles. The van der Waals surface area contributed by atoms with Crippen LogP contribution < -0.4 is 0 Å². The topological polar surface area (TPSA) is 23.5 Å². The average Bonchev–Trinajstić information content (AvgIpc) is 2.23. The van der Waals surface area contributed by atoms with E-state index in [0.717, 1.165) is 6.07 Å². The van der Waals surface area contributed by atoms with Crippen molar-refractivity contribution in [1.29, 1.82) is 0 Å². The van der Waals surface area contributed by atoms with Gasteiger partial charge in [0.15, 0.2) is 0 Å². The molecule has 0 saturated carbocycles. The molecule has 1 fully saturated rings. The summed E-state index contributed by atoms with van der Waals surface area (Å²) in [5, 5.41) is 8.83. The molecule has 1 saturated heterocycles. The van der Waals surface area contributed by atoms with E-state index in [1.54, 1.807) is 4.90 Å². The van der Waals surface area contributed by atoms with Crippen molar-refractivity contribution in [3.05, 3.63) is 35.1 Å².